The van der Waals surface area contributed by atoms with Crippen LogP contribution in [0.25, 0.3) is 0 Å². The van der Waals surface area contributed by atoms with Crippen molar-refractivity contribution in [1.82, 2.24) is 5.32 Å². The molecule has 0 radical (unpaired) electrons. The second-order valence-electron chi connectivity index (χ2n) is 5.34. The number of hydrogen-bond acceptors (Lipinski definition) is 2. The van der Waals surface area contributed by atoms with Crippen molar-refractivity contribution in [3.8, 4) is 0 Å². The molecule has 0 heterocycles. The molecule has 0 bridgehead atoms. The number of carbonyl (C=O) groups is 2. The van der Waals surface area contributed by atoms with E-state index in [2.05, 4.69) is 5.32 Å². The molecule has 1 N–H and O–H groups in total. The standard InChI is InChI=1S/C15H17F2NO2.C2H6/c16-12-6-11(7-13(17)9-12)8-14(20)18-15(10-19)4-2-1-3-5-15;1-2/h6-7,9-10H,1-5,8H2,(H,18,20);1-2H3. The van der Waals surface area contributed by atoms with E-state index in [1.54, 1.807) is 0 Å². The van der Waals surface area contributed by atoms with E-state index >= 15 is 0 Å². The summed E-state index contributed by atoms with van der Waals surface area (Å²) in [4.78, 5) is 23.2. The molecule has 122 valence electrons. The number of carbonyl (C=O) groups excluding carboxylic acids is 2. The summed E-state index contributed by atoms with van der Waals surface area (Å²) >= 11 is 0. The van der Waals surface area contributed by atoms with Crippen molar-refractivity contribution in [3.05, 3.63) is 35.4 Å². The molecule has 0 saturated heterocycles. The molecule has 22 heavy (non-hydrogen) atoms. The summed E-state index contributed by atoms with van der Waals surface area (Å²) in [5.74, 6) is -1.81. The third kappa shape index (κ3) is 5.20. The maximum atomic E-state index is 13.1. The summed E-state index contributed by atoms with van der Waals surface area (Å²) in [6, 6.07) is 3.00. The molecule has 0 aromatic heterocycles. The lowest BCUT2D eigenvalue weighted by atomic mass is 9.82. The Kier molecular flexibility index (Phi) is 7.15. The van der Waals surface area contributed by atoms with E-state index < -0.39 is 17.2 Å². The fraction of sp³-hybridized carbons (Fsp3) is 0.529. The fourth-order valence-electron chi connectivity index (χ4n) is 2.68. The molecule has 1 aromatic rings. The van der Waals surface area contributed by atoms with E-state index in [1.807, 2.05) is 13.8 Å². The normalized spacial score (nSPS) is 16.2. The minimum Gasteiger partial charge on any atom is -0.344 e. The van der Waals surface area contributed by atoms with Crippen LogP contribution in [0.4, 0.5) is 8.78 Å². The lowest BCUT2D eigenvalue weighted by Crippen LogP contribution is -2.51. The van der Waals surface area contributed by atoms with Crippen molar-refractivity contribution < 1.29 is 18.4 Å². The Morgan fingerprint density at radius 3 is 2.18 bits per heavy atom. The Hall–Kier alpha value is -1.78. The highest BCUT2D eigenvalue weighted by molar-refractivity contribution is 5.83. The Labute approximate surface area is 130 Å². The number of benzene rings is 1. The monoisotopic (exact) mass is 311 g/mol. The molecule has 2 rings (SSSR count). The van der Waals surface area contributed by atoms with Gasteiger partial charge in [-0.2, -0.15) is 0 Å². The van der Waals surface area contributed by atoms with Gasteiger partial charge in [-0.05, 0) is 30.5 Å². The number of halogens is 2. The zero-order chi connectivity index (χ0) is 16.6. The first-order valence-electron chi connectivity index (χ1n) is 7.75. The quantitative estimate of drug-likeness (QED) is 0.864. The van der Waals surface area contributed by atoms with Crippen LogP contribution >= 0.6 is 0 Å². The first-order valence-corrected chi connectivity index (χ1v) is 7.75. The average molecular weight is 311 g/mol. The first-order chi connectivity index (χ1) is 10.5. The van der Waals surface area contributed by atoms with Crippen molar-refractivity contribution in [2.75, 3.05) is 0 Å². The molecule has 1 aromatic carbocycles. The summed E-state index contributed by atoms with van der Waals surface area (Å²) in [7, 11) is 0. The van der Waals surface area contributed by atoms with Crippen molar-refractivity contribution in [2.45, 2.75) is 57.9 Å². The van der Waals surface area contributed by atoms with Gasteiger partial charge in [0.25, 0.3) is 0 Å². The summed E-state index contributed by atoms with van der Waals surface area (Å²) in [5, 5.41) is 2.72. The zero-order valence-electron chi connectivity index (χ0n) is 13.1. The molecule has 5 heteroatoms. The zero-order valence-corrected chi connectivity index (χ0v) is 13.1. The van der Waals surface area contributed by atoms with Crippen LogP contribution in [0.2, 0.25) is 0 Å². The van der Waals surface area contributed by atoms with Crippen molar-refractivity contribution in [3.63, 3.8) is 0 Å². The van der Waals surface area contributed by atoms with E-state index in [-0.39, 0.29) is 17.9 Å². The predicted molar refractivity (Wildman–Crippen MR) is 81.4 cm³/mol. The average Bonchev–Trinajstić information content (AvgIpc) is 2.49. The molecule has 1 aliphatic carbocycles. The summed E-state index contributed by atoms with van der Waals surface area (Å²) in [6.07, 6.45) is 4.75. The maximum Gasteiger partial charge on any atom is 0.225 e. The van der Waals surface area contributed by atoms with E-state index in [1.165, 1.54) is 0 Å². The Morgan fingerprint density at radius 2 is 1.68 bits per heavy atom. The van der Waals surface area contributed by atoms with Gasteiger partial charge in [-0.1, -0.05) is 33.1 Å². The Bertz CT molecular complexity index is 491. The van der Waals surface area contributed by atoms with Crippen LogP contribution in [-0.4, -0.2) is 17.7 Å². The van der Waals surface area contributed by atoms with E-state index in [0.717, 1.165) is 43.7 Å². The van der Waals surface area contributed by atoms with Crippen molar-refractivity contribution in [2.24, 2.45) is 0 Å². The number of aldehydes is 1. The van der Waals surface area contributed by atoms with Crippen molar-refractivity contribution in [1.29, 1.82) is 0 Å². The molecule has 1 saturated carbocycles. The van der Waals surface area contributed by atoms with Gasteiger partial charge in [0, 0.05) is 6.07 Å². The smallest absolute Gasteiger partial charge is 0.225 e. The molecule has 0 unspecified atom stereocenters. The number of rotatable bonds is 4. The molecule has 1 aliphatic rings. The summed E-state index contributed by atoms with van der Waals surface area (Å²) < 4.78 is 26.1. The summed E-state index contributed by atoms with van der Waals surface area (Å²) in [6.45, 7) is 4.00. The molecular weight excluding hydrogens is 288 g/mol. The second-order valence-corrected chi connectivity index (χ2v) is 5.34. The fourth-order valence-corrected chi connectivity index (χ4v) is 2.68. The highest BCUT2D eigenvalue weighted by atomic mass is 19.1. The first kappa shape index (κ1) is 18.3. The lowest BCUT2D eigenvalue weighted by molar-refractivity contribution is -0.127. The topological polar surface area (TPSA) is 46.2 Å². The molecule has 0 atom stereocenters. The van der Waals surface area contributed by atoms with Gasteiger partial charge in [0.1, 0.15) is 17.9 Å². The SMILES string of the molecule is CC.O=CC1(NC(=O)Cc2cc(F)cc(F)c2)CCCCC1. The largest absolute Gasteiger partial charge is 0.344 e. The van der Waals surface area contributed by atoms with Gasteiger partial charge in [0.15, 0.2) is 0 Å². The van der Waals surface area contributed by atoms with Gasteiger partial charge in [-0.3, -0.25) is 4.79 Å². The van der Waals surface area contributed by atoms with E-state index in [9.17, 15) is 18.4 Å². The van der Waals surface area contributed by atoms with Crippen LogP contribution in [0.3, 0.4) is 0 Å². The Balaban J connectivity index is 0.00000116. The number of hydrogen-bond donors (Lipinski definition) is 1. The van der Waals surface area contributed by atoms with Crippen LogP contribution in [-0.2, 0) is 16.0 Å². The number of nitrogens with one attached hydrogen (secondary N) is 1. The third-order valence-electron chi connectivity index (χ3n) is 3.65. The van der Waals surface area contributed by atoms with Crippen LogP contribution in [0, 0.1) is 11.6 Å². The van der Waals surface area contributed by atoms with Gasteiger partial charge in [-0.25, -0.2) is 8.78 Å². The minimum atomic E-state index is -0.804. The molecule has 0 spiro atoms. The maximum absolute atomic E-state index is 13.1. The summed E-state index contributed by atoms with van der Waals surface area (Å²) in [5.41, 5.74) is -0.543. The van der Waals surface area contributed by atoms with E-state index in [0.29, 0.717) is 12.8 Å². The number of amides is 1. The highest BCUT2D eigenvalue weighted by Gasteiger charge is 2.33. The minimum absolute atomic E-state index is 0.135. The van der Waals surface area contributed by atoms with Gasteiger partial charge < -0.3 is 10.1 Å². The van der Waals surface area contributed by atoms with Gasteiger partial charge in [0.2, 0.25) is 5.91 Å². The van der Waals surface area contributed by atoms with Crippen LogP contribution in [0.15, 0.2) is 18.2 Å². The van der Waals surface area contributed by atoms with Crippen LogP contribution in [0.1, 0.15) is 51.5 Å². The highest BCUT2D eigenvalue weighted by Crippen LogP contribution is 2.26. The Morgan fingerprint density at radius 1 is 1.14 bits per heavy atom. The van der Waals surface area contributed by atoms with E-state index in [4.69, 9.17) is 0 Å². The molecule has 0 aliphatic heterocycles. The van der Waals surface area contributed by atoms with Gasteiger partial charge in [-0.15, -0.1) is 0 Å². The third-order valence-corrected chi connectivity index (χ3v) is 3.65. The van der Waals surface area contributed by atoms with Gasteiger partial charge >= 0.3 is 0 Å². The molecule has 1 fully saturated rings. The molecule has 1 amide bonds. The van der Waals surface area contributed by atoms with Gasteiger partial charge in [0.05, 0.1) is 12.0 Å². The second kappa shape index (κ2) is 8.61. The lowest BCUT2D eigenvalue weighted by Gasteiger charge is -2.32. The van der Waals surface area contributed by atoms with Crippen LogP contribution in [0.5, 0.6) is 0 Å². The predicted octanol–water partition coefficient (Wildman–Crippen LogP) is 3.55. The molecular formula is C17H23F2NO2. The van der Waals surface area contributed by atoms with Crippen molar-refractivity contribution >= 4 is 12.2 Å². The van der Waals surface area contributed by atoms with Crippen LogP contribution < -0.4 is 5.32 Å². The molecule has 3 nitrogen and oxygen atoms in total.